The van der Waals surface area contributed by atoms with Gasteiger partial charge in [-0.2, -0.15) is 0 Å². The van der Waals surface area contributed by atoms with Crippen molar-refractivity contribution in [1.82, 2.24) is 0 Å². The summed E-state index contributed by atoms with van der Waals surface area (Å²) in [6.07, 6.45) is 14.3. The normalized spacial score (nSPS) is 39.8. The molecule has 168 valence electrons. The second-order valence-corrected chi connectivity index (χ2v) is 10.6. The first kappa shape index (κ1) is 23.5. The molecule has 7 atom stereocenters. The fraction of sp³-hybridized carbons (Fsp3) is 0.704. The number of allylic oxidation sites excluding steroid dienone is 4. The standard InChI is InChI=1S/C27H42O3/c1-17(2)25(29)13-8-18(3)23-11-12-24-20(7-6-14-27(23,24)5)9-10-21-15-22(28)16-26(30)19(21)4/h8-10,13,17-18,22-26,28-30H,4,6-7,11-12,14-16H2,1-3,5H3/b13-8+,20-9+,21-10-/t18-,22-,23-,24+,25-,26+,27-/m1/s1. The van der Waals surface area contributed by atoms with Crippen LogP contribution in [-0.4, -0.2) is 33.6 Å². The Morgan fingerprint density at radius 1 is 1.10 bits per heavy atom. The highest BCUT2D eigenvalue weighted by Gasteiger charge is 2.50. The van der Waals surface area contributed by atoms with Gasteiger partial charge < -0.3 is 15.3 Å². The zero-order valence-corrected chi connectivity index (χ0v) is 19.3. The van der Waals surface area contributed by atoms with E-state index in [9.17, 15) is 15.3 Å². The van der Waals surface area contributed by atoms with E-state index in [1.807, 2.05) is 6.08 Å². The van der Waals surface area contributed by atoms with Gasteiger partial charge in [-0.3, -0.25) is 0 Å². The Balaban J connectivity index is 1.76. The number of aliphatic hydroxyl groups is 3. The number of rotatable bonds is 5. The first-order chi connectivity index (χ1) is 14.1. The summed E-state index contributed by atoms with van der Waals surface area (Å²) in [4.78, 5) is 0. The van der Waals surface area contributed by atoms with Gasteiger partial charge in [0.2, 0.25) is 0 Å². The Labute approximate surface area is 183 Å². The zero-order valence-electron chi connectivity index (χ0n) is 19.3. The lowest BCUT2D eigenvalue weighted by atomic mass is 9.61. The summed E-state index contributed by atoms with van der Waals surface area (Å²) < 4.78 is 0. The smallest absolute Gasteiger partial charge is 0.0811 e. The molecule has 3 saturated carbocycles. The van der Waals surface area contributed by atoms with Gasteiger partial charge in [-0.25, -0.2) is 0 Å². The lowest BCUT2D eigenvalue weighted by Crippen LogP contribution is -2.35. The van der Waals surface area contributed by atoms with Crippen LogP contribution in [0.1, 0.15) is 72.6 Å². The minimum absolute atomic E-state index is 0.254. The third-order valence-electron chi connectivity index (χ3n) is 8.23. The number of hydrogen-bond acceptors (Lipinski definition) is 3. The van der Waals surface area contributed by atoms with Gasteiger partial charge in [-0.1, -0.05) is 64.2 Å². The van der Waals surface area contributed by atoms with Gasteiger partial charge in [0.1, 0.15) is 0 Å². The molecular formula is C27H42O3. The maximum atomic E-state index is 10.2. The van der Waals surface area contributed by atoms with Crippen LogP contribution in [-0.2, 0) is 0 Å². The quantitative estimate of drug-likeness (QED) is 0.532. The molecule has 0 radical (unpaired) electrons. The second kappa shape index (κ2) is 9.54. The van der Waals surface area contributed by atoms with Gasteiger partial charge in [0.05, 0.1) is 18.3 Å². The summed E-state index contributed by atoms with van der Waals surface area (Å²) in [5.41, 5.74) is 3.59. The van der Waals surface area contributed by atoms with E-state index in [0.29, 0.717) is 36.0 Å². The van der Waals surface area contributed by atoms with Crippen molar-refractivity contribution in [3.8, 4) is 0 Å². The molecule has 0 aliphatic heterocycles. The van der Waals surface area contributed by atoms with Crippen molar-refractivity contribution in [1.29, 1.82) is 0 Å². The van der Waals surface area contributed by atoms with Crippen LogP contribution in [0.2, 0.25) is 0 Å². The lowest BCUT2D eigenvalue weighted by molar-refractivity contribution is 0.0862. The van der Waals surface area contributed by atoms with E-state index in [4.69, 9.17) is 0 Å². The topological polar surface area (TPSA) is 60.7 Å². The molecule has 0 aromatic heterocycles. The Bertz CT molecular complexity index is 716. The highest BCUT2D eigenvalue weighted by atomic mass is 16.3. The molecule has 0 saturated heterocycles. The Morgan fingerprint density at radius 3 is 2.53 bits per heavy atom. The Kier molecular flexibility index (Phi) is 7.48. The van der Waals surface area contributed by atoms with Crippen LogP contribution in [0, 0.1) is 29.1 Å². The maximum absolute atomic E-state index is 10.2. The molecule has 3 fully saturated rings. The third kappa shape index (κ3) is 4.84. The van der Waals surface area contributed by atoms with E-state index < -0.39 is 12.2 Å². The average molecular weight is 415 g/mol. The summed E-state index contributed by atoms with van der Waals surface area (Å²) in [5.74, 6) is 1.96. The molecular weight excluding hydrogens is 372 g/mol. The molecule has 3 aliphatic carbocycles. The fourth-order valence-corrected chi connectivity index (χ4v) is 6.25. The minimum atomic E-state index is -0.625. The largest absolute Gasteiger partial charge is 0.393 e. The first-order valence-electron chi connectivity index (χ1n) is 11.9. The Morgan fingerprint density at radius 2 is 1.83 bits per heavy atom. The summed E-state index contributed by atoms with van der Waals surface area (Å²) in [6.45, 7) is 13.0. The molecule has 0 bridgehead atoms. The molecule has 0 spiro atoms. The SMILES string of the molecule is C=C1/C(=C\C=C2/CCC[C@]3(C)[C@@H]([C@H](C)/C=C/[C@@H](O)C(C)C)CC[C@@H]23)C[C@@H](O)C[C@@H]1O. The van der Waals surface area contributed by atoms with Gasteiger partial charge in [0.25, 0.3) is 0 Å². The summed E-state index contributed by atoms with van der Waals surface area (Å²) in [5, 5.41) is 30.3. The molecule has 3 rings (SSSR count). The van der Waals surface area contributed by atoms with E-state index in [1.54, 1.807) is 0 Å². The van der Waals surface area contributed by atoms with Crippen molar-refractivity contribution in [2.24, 2.45) is 29.1 Å². The lowest BCUT2D eigenvalue weighted by Gasteiger charge is -2.44. The van der Waals surface area contributed by atoms with Crippen molar-refractivity contribution < 1.29 is 15.3 Å². The van der Waals surface area contributed by atoms with Gasteiger partial charge in [-0.15, -0.1) is 0 Å². The van der Waals surface area contributed by atoms with Crippen LogP contribution in [0.4, 0.5) is 0 Å². The van der Waals surface area contributed by atoms with Gasteiger partial charge in [0, 0.05) is 6.42 Å². The molecule has 3 aliphatic rings. The van der Waals surface area contributed by atoms with E-state index in [2.05, 4.69) is 52.5 Å². The van der Waals surface area contributed by atoms with Crippen LogP contribution in [0.5, 0.6) is 0 Å². The van der Waals surface area contributed by atoms with Crippen LogP contribution in [0.3, 0.4) is 0 Å². The van der Waals surface area contributed by atoms with Crippen molar-refractivity contribution in [2.45, 2.75) is 91.0 Å². The van der Waals surface area contributed by atoms with E-state index in [1.165, 1.54) is 31.3 Å². The van der Waals surface area contributed by atoms with Gasteiger partial charge >= 0.3 is 0 Å². The van der Waals surface area contributed by atoms with Crippen LogP contribution in [0.15, 0.2) is 47.6 Å². The highest BCUT2D eigenvalue weighted by Crippen LogP contribution is 2.59. The van der Waals surface area contributed by atoms with Crippen LogP contribution >= 0.6 is 0 Å². The maximum Gasteiger partial charge on any atom is 0.0811 e. The van der Waals surface area contributed by atoms with Crippen molar-refractivity contribution in [2.75, 3.05) is 0 Å². The highest BCUT2D eigenvalue weighted by molar-refractivity contribution is 5.38. The summed E-state index contributed by atoms with van der Waals surface area (Å²) >= 11 is 0. The second-order valence-electron chi connectivity index (χ2n) is 10.6. The molecule has 0 amide bonds. The number of fused-ring (bicyclic) bond motifs is 1. The van der Waals surface area contributed by atoms with Crippen molar-refractivity contribution >= 4 is 0 Å². The predicted octanol–water partition coefficient (Wildman–Crippen LogP) is 5.34. The Hall–Kier alpha value is -1.16. The van der Waals surface area contributed by atoms with E-state index in [-0.39, 0.29) is 12.0 Å². The van der Waals surface area contributed by atoms with E-state index >= 15 is 0 Å². The predicted molar refractivity (Wildman–Crippen MR) is 124 cm³/mol. The van der Waals surface area contributed by atoms with Crippen LogP contribution in [0.25, 0.3) is 0 Å². The first-order valence-corrected chi connectivity index (χ1v) is 11.9. The summed E-state index contributed by atoms with van der Waals surface area (Å²) in [7, 11) is 0. The summed E-state index contributed by atoms with van der Waals surface area (Å²) in [6, 6.07) is 0. The van der Waals surface area contributed by atoms with Crippen LogP contribution < -0.4 is 0 Å². The van der Waals surface area contributed by atoms with E-state index in [0.717, 1.165) is 17.6 Å². The van der Waals surface area contributed by atoms with Crippen molar-refractivity contribution in [3.05, 3.63) is 47.6 Å². The number of aliphatic hydroxyl groups excluding tert-OH is 3. The molecule has 0 heterocycles. The molecule has 0 unspecified atom stereocenters. The van der Waals surface area contributed by atoms with Gasteiger partial charge in [-0.05, 0) is 78.8 Å². The zero-order chi connectivity index (χ0) is 22.1. The minimum Gasteiger partial charge on any atom is -0.393 e. The third-order valence-corrected chi connectivity index (χ3v) is 8.23. The monoisotopic (exact) mass is 414 g/mol. The molecule has 3 N–H and O–H groups in total. The molecule has 0 aromatic carbocycles. The molecule has 0 aromatic rings. The molecule has 3 heteroatoms. The number of hydrogen-bond donors (Lipinski definition) is 3. The fourth-order valence-electron chi connectivity index (χ4n) is 6.25. The van der Waals surface area contributed by atoms with Gasteiger partial charge in [0.15, 0.2) is 0 Å². The molecule has 30 heavy (non-hydrogen) atoms. The molecule has 3 nitrogen and oxygen atoms in total. The van der Waals surface area contributed by atoms with Crippen molar-refractivity contribution in [3.63, 3.8) is 0 Å². The average Bonchev–Trinajstić information content (AvgIpc) is 3.04.